The second-order valence-electron chi connectivity index (χ2n) is 20.1. The van der Waals surface area contributed by atoms with Gasteiger partial charge >= 0.3 is 17.9 Å². The maximum Gasteiger partial charge on any atom is 0.306 e. The van der Waals surface area contributed by atoms with Crippen molar-refractivity contribution in [2.75, 3.05) is 13.2 Å². The van der Waals surface area contributed by atoms with E-state index in [1.54, 1.807) is 0 Å². The molecule has 0 saturated heterocycles. The van der Waals surface area contributed by atoms with Gasteiger partial charge in [-0.25, -0.2) is 0 Å². The Bertz CT molecular complexity index is 949. The summed E-state index contributed by atoms with van der Waals surface area (Å²) in [6.45, 7) is 9.04. The van der Waals surface area contributed by atoms with Gasteiger partial charge in [-0.1, -0.05) is 285 Å². The van der Waals surface area contributed by atoms with E-state index in [0.717, 1.165) is 63.7 Å². The van der Waals surface area contributed by atoms with Crippen LogP contribution in [0.4, 0.5) is 0 Å². The highest BCUT2D eigenvalue weighted by Gasteiger charge is 2.19. The summed E-state index contributed by atoms with van der Waals surface area (Å²) in [4.78, 5) is 38.0. The van der Waals surface area contributed by atoms with Gasteiger partial charge in [0.2, 0.25) is 0 Å². The van der Waals surface area contributed by atoms with Gasteiger partial charge in [0.15, 0.2) is 6.10 Å². The van der Waals surface area contributed by atoms with Crippen molar-refractivity contribution in [2.24, 2.45) is 5.92 Å². The molecule has 0 rings (SSSR count). The van der Waals surface area contributed by atoms with E-state index in [4.69, 9.17) is 14.2 Å². The van der Waals surface area contributed by atoms with Gasteiger partial charge in [0, 0.05) is 19.3 Å². The van der Waals surface area contributed by atoms with Crippen LogP contribution in [0.2, 0.25) is 0 Å². The zero-order valence-corrected chi connectivity index (χ0v) is 43.0. The van der Waals surface area contributed by atoms with Crippen LogP contribution in [0.1, 0.15) is 323 Å². The average Bonchev–Trinajstić information content (AvgIpc) is 3.27. The summed E-state index contributed by atoms with van der Waals surface area (Å²) in [6.07, 6.45) is 55.3. The van der Waals surface area contributed by atoms with E-state index < -0.39 is 6.10 Å². The summed E-state index contributed by atoms with van der Waals surface area (Å²) >= 11 is 0. The van der Waals surface area contributed by atoms with Crippen LogP contribution < -0.4 is 0 Å². The molecule has 0 saturated carbocycles. The molecule has 0 radical (unpaired) electrons. The smallest absolute Gasteiger partial charge is 0.306 e. The van der Waals surface area contributed by atoms with Gasteiger partial charge in [0.1, 0.15) is 13.2 Å². The van der Waals surface area contributed by atoms with Crippen molar-refractivity contribution in [3.8, 4) is 0 Å². The Morgan fingerprint density at radius 3 is 0.778 bits per heavy atom. The maximum atomic E-state index is 12.8. The van der Waals surface area contributed by atoms with Gasteiger partial charge in [0.25, 0.3) is 0 Å². The van der Waals surface area contributed by atoms with Crippen molar-refractivity contribution in [1.82, 2.24) is 0 Å². The zero-order valence-electron chi connectivity index (χ0n) is 43.0. The summed E-state index contributed by atoms with van der Waals surface area (Å²) in [7, 11) is 0. The van der Waals surface area contributed by atoms with Crippen LogP contribution in [0.15, 0.2) is 0 Å². The maximum absolute atomic E-state index is 12.8. The molecule has 0 unspecified atom stereocenters. The van der Waals surface area contributed by atoms with Gasteiger partial charge in [-0.15, -0.1) is 0 Å². The lowest BCUT2D eigenvalue weighted by Crippen LogP contribution is -2.30. The number of carbonyl (C=O) groups excluding carboxylic acids is 3. The molecule has 374 valence electrons. The first-order valence-corrected chi connectivity index (χ1v) is 28.4. The fourth-order valence-electron chi connectivity index (χ4n) is 8.75. The Hall–Kier alpha value is -1.59. The van der Waals surface area contributed by atoms with Crippen molar-refractivity contribution < 1.29 is 28.6 Å². The highest BCUT2D eigenvalue weighted by atomic mass is 16.6. The molecule has 0 N–H and O–H groups in total. The average molecular weight is 892 g/mol. The zero-order chi connectivity index (χ0) is 45.9. The van der Waals surface area contributed by atoms with Crippen molar-refractivity contribution in [1.29, 1.82) is 0 Å². The van der Waals surface area contributed by atoms with Crippen molar-refractivity contribution in [2.45, 2.75) is 329 Å². The number of carbonyl (C=O) groups is 3. The summed E-state index contributed by atoms with van der Waals surface area (Å²) in [5.41, 5.74) is 0. The molecule has 6 nitrogen and oxygen atoms in total. The molecule has 0 aromatic heterocycles. The number of unbranched alkanes of at least 4 members (excludes halogenated alkanes) is 39. The largest absolute Gasteiger partial charge is 0.462 e. The lowest BCUT2D eigenvalue weighted by molar-refractivity contribution is -0.167. The molecular weight excluding hydrogens is 781 g/mol. The minimum absolute atomic E-state index is 0.0623. The van der Waals surface area contributed by atoms with E-state index in [2.05, 4.69) is 27.7 Å². The molecular formula is C57H110O6. The lowest BCUT2D eigenvalue weighted by atomic mass is 10.0. The van der Waals surface area contributed by atoms with Crippen molar-refractivity contribution in [3.63, 3.8) is 0 Å². The van der Waals surface area contributed by atoms with Crippen LogP contribution >= 0.6 is 0 Å². The molecule has 6 heteroatoms. The standard InChI is InChI=1S/C57H110O6/c1-5-7-9-11-13-15-16-17-18-19-20-21-22-26-29-33-36-40-44-48-55(58)61-51-54(63-57(60)50-46-42-38-31-14-12-10-8-6-2)52-62-56(59)49-45-41-37-34-30-27-24-23-25-28-32-35-39-43-47-53(3)4/h53-54H,5-52H2,1-4H3/t54-/m0/s1. The van der Waals surface area contributed by atoms with Gasteiger partial charge in [-0.3, -0.25) is 14.4 Å². The van der Waals surface area contributed by atoms with Crippen molar-refractivity contribution >= 4 is 17.9 Å². The first kappa shape index (κ1) is 61.4. The normalized spacial score (nSPS) is 12.0. The molecule has 0 aromatic carbocycles. The number of esters is 3. The SMILES string of the molecule is CCCCCCCCCCCCCCCCCCCCCC(=O)OC[C@@H](COC(=O)CCCCCCCCCCCCCCCCC(C)C)OC(=O)CCCCCCCCCCC. The van der Waals surface area contributed by atoms with E-state index in [-0.39, 0.29) is 31.1 Å². The van der Waals surface area contributed by atoms with Crippen molar-refractivity contribution in [3.05, 3.63) is 0 Å². The Kier molecular flexibility index (Phi) is 50.1. The van der Waals surface area contributed by atoms with E-state index in [9.17, 15) is 14.4 Å². The number of hydrogen-bond donors (Lipinski definition) is 0. The van der Waals surface area contributed by atoms with Crippen LogP contribution in [0.5, 0.6) is 0 Å². The Labute approximate surface area is 393 Å². The van der Waals surface area contributed by atoms with Gasteiger partial charge in [-0.2, -0.15) is 0 Å². The topological polar surface area (TPSA) is 78.9 Å². The third-order valence-electron chi connectivity index (χ3n) is 13.0. The third kappa shape index (κ3) is 51.3. The van der Waals surface area contributed by atoms with Crippen LogP contribution in [0.3, 0.4) is 0 Å². The minimum atomic E-state index is -0.760. The predicted octanol–water partition coefficient (Wildman–Crippen LogP) is 18.6. The van der Waals surface area contributed by atoms with E-state index in [0.29, 0.717) is 19.3 Å². The highest BCUT2D eigenvalue weighted by molar-refractivity contribution is 5.71. The summed E-state index contributed by atoms with van der Waals surface area (Å²) in [5, 5.41) is 0. The first-order valence-electron chi connectivity index (χ1n) is 28.4. The molecule has 63 heavy (non-hydrogen) atoms. The Morgan fingerprint density at radius 1 is 0.302 bits per heavy atom. The quantitative estimate of drug-likeness (QED) is 0.0344. The Morgan fingerprint density at radius 2 is 0.524 bits per heavy atom. The second-order valence-corrected chi connectivity index (χ2v) is 20.1. The third-order valence-corrected chi connectivity index (χ3v) is 13.0. The summed E-state index contributed by atoms with van der Waals surface area (Å²) < 4.78 is 16.8. The van der Waals surface area contributed by atoms with Gasteiger partial charge < -0.3 is 14.2 Å². The highest BCUT2D eigenvalue weighted by Crippen LogP contribution is 2.18. The number of rotatable bonds is 52. The van der Waals surface area contributed by atoms with Gasteiger partial charge in [-0.05, 0) is 25.2 Å². The van der Waals surface area contributed by atoms with Crippen LogP contribution in [0, 0.1) is 5.92 Å². The lowest BCUT2D eigenvalue weighted by Gasteiger charge is -2.18. The van der Waals surface area contributed by atoms with E-state index in [1.165, 1.54) is 218 Å². The van der Waals surface area contributed by atoms with Crippen LogP contribution in [-0.2, 0) is 28.6 Å². The molecule has 0 spiro atoms. The molecule has 0 fully saturated rings. The number of hydrogen-bond acceptors (Lipinski definition) is 6. The van der Waals surface area contributed by atoms with E-state index >= 15 is 0 Å². The molecule has 0 aliphatic heterocycles. The molecule has 0 aliphatic rings. The number of ether oxygens (including phenoxy) is 3. The predicted molar refractivity (Wildman–Crippen MR) is 270 cm³/mol. The first-order chi connectivity index (χ1) is 30.9. The second kappa shape index (κ2) is 51.4. The van der Waals surface area contributed by atoms with Crippen LogP contribution in [0.25, 0.3) is 0 Å². The molecule has 0 aliphatic carbocycles. The van der Waals surface area contributed by atoms with E-state index in [1.807, 2.05) is 0 Å². The van der Waals surface area contributed by atoms with Crippen LogP contribution in [-0.4, -0.2) is 37.2 Å². The summed E-state index contributed by atoms with van der Waals surface area (Å²) in [5.74, 6) is 0.00385. The molecule has 0 bridgehead atoms. The fraction of sp³-hybridized carbons (Fsp3) is 0.947. The monoisotopic (exact) mass is 891 g/mol. The fourth-order valence-corrected chi connectivity index (χ4v) is 8.75. The Balaban J connectivity index is 4.18. The molecule has 1 atom stereocenters. The molecule has 0 heterocycles. The van der Waals surface area contributed by atoms with Gasteiger partial charge in [0.05, 0.1) is 0 Å². The molecule has 0 amide bonds. The minimum Gasteiger partial charge on any atom is -0.462 e. The summed E-state index contributed by atoms with van der Waals surface area (Å²) in [6, 6.07) is 0. The molecule has 0 aromatic rings.